The van der Waals surface area contributed by atoms with E-state index in [9.17, 15) is 15.3 Å². The number of aromatic nitrogens is 4. The molecule has 0 amide bonds. The van der Waals surface area contributed by atoms with Crippen LogP contribution in [0.15, 0.2) is 43.0 Å². The summed E-state index contributed by atoms with van der Waals surface area (Å²) in [5, 5.41) is 32.6. The van der Waals surface area contributed by atoms with Gasteiger partial charge in [0, 0.05) is 6.54 Å². The van der Waals surface area contributed by atoms with E-state index in [0.717, 1.165) is 5.56 Å². The maximum atomic E-state index is 10.2. The second kappa shape index (κ2) is 6.96. The first kappa shape index (κ1) is 16.9. The number of ether oxygens (including phenoxy) is 1. The minimum Gasteiger partial charge on any atom is -0.394 e. The van der Waals surface area contributed by atoms with Crippen LogP contribution in [0.1, 0.15) is 11.8 Å². The largest absolute Gasteiger partial charge is 0.394 e. The first-order chi connectivity index (χ1) is 12.7. The highest BCUT2D eigenvalue weighted by Crippen LogP contribution is 2.32. The molecule has 1 aliphatic rings. The molecule has 1 aromatic carbocycles. The van der Waals surface area contributed by atoms with Crippen molar-refractivity contribution in [1.29, 1.82) is 0 Å². The van der Waals surface area contributed by atoms with Crippen LogP contribution in [0, 0.1) is 0 Å². The summed E-state index contributed by atoms with van der Waals surface area (Å²) < 4.78 is 7.08. The predicted octanol–water partition coefficient (Wildman–Crippen LogP) is 0.0499. The number of hydrogen-bond acceptors (Lipinski definition) is 8. The molecule has 0 spiro atoms. The summed E-state index contributed by atoms with van der Waals surface area (Å²) in [4.78, 5) is 12.8. The first-order valence-corrected chi connectivity index (χ1v) is 8.27. The standard InChI is InChI=1S/C17H19N5O4/c23-7-11-13(24)14(25)17(26-11)22-9-21-12-15(19-8-20-16(12)22)18-6-10-4-2-1-3-5-10/h1-5,8-9,11,13-14,17,23-25H,6-7H2,(H,18,19,20)/t11-,13+,14+,17+/m0/s1. The highest BCUT2D eigenvalue weighted by Gasteiger charge is 2.44. The van der Waals surface area contributed by atoms with Crippen molar-refractivity contribution < 1.29 is 20.1 Å². The molecule has 2 aromatic heterocycles. The number of nitrogens with one attached hydrogen (secondary N) is 1. The quantitative estimate of drug-likeness (QED) is 0.505. The zero-order chi connectivity index (χ0) is 18.1. The van der Waals surface area contributed by atoms with E-state index in [1.807, 2.05) is 30.3 Å². The second-order valence-electron chi connectivity index (χ2n) is 6.11. The fraction of sp³-hybridized carbons (Fsp3) is 0.353. The van der Waals surface area contributed by atoms with Gasteiger partial charge in [0.05, 0.1) is 12.9 Å². The summed E-state index contributed by atoms with van der Waals surface area (Å²) in [7, 11) is 0. The number of nitrogens with zero attached hydrogens (tertiary/aromatic N) is 4. The zero-order valence-electron chi connectivity index (χ0n) is 13.8. The van der Waals surface area contributed by atoms with E-state index in [-0.39, 0.29) is 6.61 Å². The van der Waals surface area contributed by atoms with E-state index in [4.69, 9.17) is 4.74 Å². The number of fused-ring (bicyclic) bond motifs is 1. The van der Waals surface area contributed by atoms with Crippen LogP contribution in [-0.2, 0) is 11.3 Å². The Morgan fingerprint density at radius 2 is 1.88 bits per heavy atom. The van der Waals surface area contributed by atoms with Gasteiger partial charge in [0.15, 0.2) is 23.2 Å². The summed E-state index contributed by atoms with van der Waals surface area (Å²) in [5.74, 6) is 0.560. The molecule has 1 fully saturated rings. The van der Waals surface area contributed by atoms with Crippen molar-refractivity contribution >= 4 is 17.0 Å². The molecular weight excluding hydrogens is 338 g/mol. The topological polar surface area (TPSA) is 126 Å². The summed E-state index contributed by atoms with van der Waals surface area (Å²) in [6, 6.07) is 9.88. The van der Waals surface area contributed by atoms with E-state index in [2.05, 4.69) is 20.3 Å². The lowest BCUT2D eigenvalue weighted by Gasteiger charge is -2.16. The fourth-order valence-electron chi connectivity index (χ4n) is 3.06. The van der Waals surface area contributed by atoms with Gasteiger partial charge >= 0.3 is 0 Å². The Bertz CT molecular complexity index is 887. The lowest BCUT2D eigenvalue weighted by atomic mass is 10.1. The molecule has 3 heterocycles. The summed E-state index contributed by atoms with van der Waals surface area (Å²) in [6.45, 7) is 0.188. The fourth-order valence-corrected chi connectivity index (χ4v) is 3.06. The van der Waals surface area contributed by atoms with Gasteiger partial charge in [-0.15, -0.1) is 0 Å². The van der Waals surface area contributed by atoms with Crippen molar-refractivity contribution in [2.45, 2.75) is 31.1 Å². The highest BCUT2D eigenvalue weighted by molar-refractivity contribution is 5.82. The number of aliphatic hydroxyl groups is 3. The molecule has 3 aromatic rings. The van der Waals surface area contributed by atoms with Crippen LogP contribution < -0.4 is 5.32 Å². The number of anilines is 1. The van der Waals surface area contributed by atoms with Gasteiger partial charge in [0.2, 0.25) is 0 Å². The predicted molar refractivity (Wildman–Crippen MR) is 92.1 cm³/mol. The number of aliphatic hydroxyl groups excluding tert-OH is 3. The van der Waals surface area contributed by atoms with Gasteiger partial charge in [-0.25, -0.2) is 15.0 Å². The molecule has 1 aliphatic heterocycles. The summed E-state index contributed by atoms with van der Waals surface area (Å²) >= 11 is 0. The van der Waals surface area contributed by atoms with Crippen LogP contribution in [0.2, 0.25) is 0 Å². The van der Waals surface area contributed by atoms with Crippen molar-refractivity contribution in [1.82, 2.24) is 19.5 Å². The van der Waals surface area contributed by atoms with Crippen LogP contribution in [0.4, 0.5) is 5.82 Å². The Labute approximate surface area is 148 Å². The van der Waals surface area contributed by atoms with E-state index < -0.39 is 24.5 Å². The molecule has 4 rings (SSSR count). The maximum absolute atomic E-state index is 10.2. The van der Waals surface area contributed by atoms with Gasteiger partial charge in [0.1, 0.15) is 24.6 Å². The van der Waals surface area contributed by atoms with E-state index >= 15 is 0 Å². The van der Waals surface area contributed by atoms with Crippen LogP contribution in [0.5, 0.6) is 0 Å². The number of rotatable bonds is 5. The Morgan fingerprint density at radius 3 is 2.62 bits per heavy atom. The van der Waals surface area contributed by atoms with E-state index in [0.29, 0.717) is 23.5 Å². The Morgan fingerprint density at radius 1 is 1.08 bits per heavy atom. The normalized spacial score (nSPS) is 25.7. The van der Waals surface area contributed by atoms with Crippen molar-refractivity contribution in [3.8, 4) is 0 Å². The monoisotopic (exact) mass is 357 g/mol. The first-order valence-electron chi connectivity index (χ1n) is 8.27. The molecule has 4 N–H and O–H groups in total. The SMILES string of the molecule is OC[C@@H]1O[C@@H](n2cnc3c(NCc4ccccc4)ncnc32)[C@H](O)[C@@H]1O. The van der Waals surface area contributed by atoms with Crippen molar-refractivity contribution in [2.24, 2.45) is 0 Å². The average Bonchev–Trinajstić information content (AvgIpc) is 3.23. The van der Waals surface area contributed by atoms with E-state index in [1.54, 1.807) is 0 Å². The smallest absolute Gasteiger partial charge is 0.167 e. The van der Waals surface area contributed by atoms with Gasteiger partial charge in [-0.05, 0) is 5.56 Å². The average molecular weight is 357 g/mol. The minimum absolute atomic E-state index is 0.389. The van der Waals surface area contributed by atoms with Crippen molar-refractivity contribution in [3.63, 3.8) is 0 Å². The minimum atomic E-state index is -1.19. The van der Waals surface area contributed by atoms with Crippen molar-refractivity contribution in [3.05, 3.63) is 48.5 Å². The third kappa shape index (κ3) is 2.90. The molecule has 0 bridgehead atoms. The molecule has 9 nitrogen and oxygen atoms in total. The zero-order valence-corrected chi connectivity index (χ0v) is 13.8. The summed E-state index contributed by atoms with van der Waals surface area (Å²) in [5.41, 5.74) is 2.09. The molecule has 0 aliphatic carbocycles. The third-order valence-corrected chi connectivity index (χ3v) is 4.45. The van der Waals surface area contributed by atoms with E-state index in [1.165, 1.54) is 17.2 Å². The number of benzene rings is 1. The van der Waals surface area contributed by atoms with Gasteiger partial charge in [-0.1, -0.05) is 30.3 Å². The molecule has 136 valence electrons. The maximum Gasteiger partial charge on any atom is 0.167 e. The molecule has 0 unspecified atom stereocenters. The second-order valence-corrected chi connectivity index (χ2v) is 6.11. The Kier molecular flexibility index (Phi) is 4.51. The van der Waals surface area contributed by atoms with Gasteiger partial charge < -0.3 is 25.4 Å². The molecule has 26 heavy (non-hydrogen) atoms. The highest BCUT2D eigenvalue weighted by atomic mass is 16.6. The molecule has 1 saturated heterocycles. The lowest BCUT2D eigenvalue weighted by Crippen LogP contribution is -2.33. The molecule has 0 radical (unpaired) electrons. The van der Waals surface area contributed by atoms with Crippen molar-refractivity contribution in [2.75, 3.05) is 11.9 Å². The molecular formula is C17H19N5O4. The third-order valence-electron chi connectivity index (χ3n) is 4.45. The molecule has 0 saturated carbocycles. The van der Waals surface area contributed by atoms with Crippen LogP contribution in [0.25, 0.3) is 11.2 Å². The Balaban J connectivity index is 1.61. The Hall–Kier alpha value is -2.59. The number of imidazole rings is 1. The summed E-state index contributed by atoms with van der Waals surface area (Å²) in [6.07, 6.45) is -1.24. The molecule has 4 atom stereocenters. The van der Waals surface area contributed by atoms with Crippen LogP contribution >= 0.6 is 0 Å². The van der Waals surface area contributed by atoms with Gasteiger partial charge in [-0.2, -0.15) is 0 Å². The number of hydrogen-bond donors (Lipinski definition) is 4. The van der Waals surface area contributed by atoms with Gasteiger partial charge in [0.25, 0.3) is 0 Å². The van der Waals surface area contributed by atoms with Crippen LogP contribution in [0.3, 0.4) is 0 Å². The molecule has 9 heteroatoms. The van der Waals surface area contributed by atoms with Crippen LogP contribution in [-0.4, -0.2) is 59.8 Å². The lowest BCUT2D eigenvalue weighted by molar-refractivity contribution is -0.0511. The van der Waals surface area contributed by atoms with Gasteiger partial charge in [-0.3, -0.25) is 4.57 Å².